The van der Waals surface area contributed by atoms with Crippen LogP contribution in [0.4, 0.5) is 0 Å². The summed E-state index contributed by atoms with van der Waals surface area (Å²) in [5.74, 6) is 0. The SMILES string of the molecule is C1CCC([O][Os]([O]C2CCCCC2)([O]C2CCCCC2)[O]C2CCCCC2)CC1. The molecule has 4 aliphatic rings. The van der Waals surface area contributed by atoms with Crippen LogP contribution in [-0.2, 0) is 30.6 Å². The molecule has 0 aromatic heterocycles. The van der Waals surface area contributed by atoms with Crippen molar-refractivity contribution in [3.63, 3.8) is 0 Å². The van der Waals surface area contributed by atoms with E-state index in [1.807, 2.05) is 0 Å². The van der Waals surface area contributed by atoms with Crippen LogP contribution in [0.1, 0.15) is 128 Å². The number of hydrogen-bond acceptors (Lipinski definition) is 4. The van der Waals surface area contributed by atoms with Crippen molar-refractivity contribution < 1.29 is 30.6 Å². The Bertz CT molecular complexity index is 364. The molecule has 0 radical (unpaired) electrons. The van der Waals surface area contributed by atoms with Crippen LogP contribution in [0.25, 0.3) is 0 Å². The van der Waals surface area contributed by atoms with Gasteiger partial charge >= 0.3 is 183 Å². The average molecular weight is 587 g/mol. The van der Waals surface area contributed by atoms with Crippen LogP contribution in [0, 0.1) is 0 Å². The minimum atomic E-state index is -3.90. The van der Waals surface area contributed by atoms with Crippen molar-refractivity contribution >= 4 is 0 Å². The first kappa shape index (κ1) is 22.7. The molecular weight excluding hydrogens is 542 g/mol. The first-order valence-corrected chi connectivity index (χ1v) is 16.9. The number of hydrogen-bond donors (Lipinski definition) is 0. The first-order chi connectivity index (χ1) is 14.3. The van der Waals surface area contributed by atoms with Crippen molar-refractivity contribution in [3.05, 3.63) is 0 Å². The van der Waals surface area contributed by atoms with Gasteiger partial charge in [0.25, 0.3) is 0 Å². The van der Waals surface area contributed by atoms with Crippen molar-refractivity contribution in [3.8, 4) is 0 Å². The topological polar surface area (TPSA) is 36.9 Å². The van der Waals surface area contributed by atoms with Crippen LogP contribution in [-0.4, -0.2) is 24.4 Å². The third-order valence-corrected chi connectivity index (χ3v) is 13.4. The van der Waals surface area contributed by atoms with Crippen LogP contribution in [0.2, 0.25) is 0 Å². The Labute approximate surface area is 183 Å². The zero-order valence-electron chi connectivity index (χ0n) is 18.4. The fraction of sp³-hybridized carbons (Fsp3) is 1.00. The Balaban J connectivity index is 1.51. The third kappa shape index (κ3) is 7.25. The Hall–Kier alpha value is 0.476. The van der Waals surface area contributed by atoms with Gasteiger partial charge in [0.1, 0.15) is 0 Å². The molecule has 4 rings (SSSR count). The van der Waals surface area contributed by atoms with E-state index in [4.69, 9.17) is 14.1 Å². The van der Waals surface area contributed by atoms with E-state index < -0.39 is 16.5 Å². The van der Waals surface area contributed by atoms with Gasteiger partial charge in [-0.05, 0) is 0 Å². The summed E-state index contributed by atoms with van der Waals surface area (Å²) in [4.78, 5) is 0. The predicted molar refractivity (Wildman–Crippen MR) is 112 cm³/mol. The molecule has 0 atom stereocenters. The molecule has 172 valence electrons. The predicted octanol–water partition coefficient (Wildman–Crippen LogP) is 7.20. The molecule has 0 unspecified atom stereocenters. The molecule has 0 spiro atoms. The summed E-state index contributed by atoms with van der Waals surface area (Å²) in [5, 5.41) is 0. The standard InChI is InChI=1S/4C6H11O.Os/c4*7-6-4-2-1-3-5-6;/h4*6H,1-5H2;/q4*-1;+4. The molecule has 0 amide bonds. The fourth-order valence-corrected chi connectivity index (χ4v) is 12.7. The van der Waals surface area contributed by atoms with Crippen molar-refractivity contribution in [2.75, 3.05) is 0 Å². The Kier molecular flexibility index (Phi) is 9.31. The summed E-state index contributed by atoms with van der Waals surface area (Å²) < 4.78 is 27.7. The zero-order valence-corrected chi connectivity index (χ0v) is 21.0. The molecule has 0 aromatic carbocycles. The third-order valence-electron chi connectivity index (χ3n) is 7.09. The maximum absolute atomic E-state index is 6.92. The molecule has 0 N–H and O–H groups in total. The van der Waals surface area contributed by atoms with Gasteiger partial charge in [-0.15, -0.1) is 0 Å². The van der Waals surface area contributed by atoms with Gasteiger partial charge in [0, 0.05) is 0 Å². The zero-order chi connectivity index (χ0) is 19.8. The van der Waals surface area contributed by atoms with Crippen LogP contribution < -0.4 is 0 Å². The van der Waals surface area contributed by atoms with Gasteiger partial charge in [-0.2, -0.15) is 0 Å². The molecule has 4 fully saturated rings. The molecule has 4 aliphatic carbocycles. The summed E-state index contributed by atoms with van der Waals surface area (Å²) in [7, 11) is 0. The molecule has 4 nitrogen and oxygen atoms in total. The molecule has 29 heavy (non-hydrogen) atoms. The molecule has 0 heterocycles. The molecule has 0 aliphatic heterocycles. The van der Waals surface area contributed by atoms with E-state index in [0.717, 1.165) is 51.4 Å². The van der Waals surface area contributed by atoms with Crippen molar-refractivity contribution in [2.45, 2.75) is 153 Å². The van der Waals surface area contributed by atoms with E-state index >= 15 is 0 Å². The van der Waals surface area contributed by atoms with Crippen LogP contribution >= 0.6 is 0 Å². The fourth-order valence-electron chi connectivity index (χ4n) is 5.29. The van der Waals surface area contributed by atoms with E-state index in [1.54, 1.807) is 0 Å². The second kappa shape index (κ2) is 11.9. The van der Waals surface area contributed by atoms with E-state index in [0.29, 0.717) is 24.4 Å². The van der Waals surface area contributed by atoms with Gasteiger partial charge in [-0.3, -0.25) is 0 Å². The molecule has 0 bridgehead atoms. The maximum atomic E-state index is 6.92. The normalized spacial score (nSPS) is 27.9. The second-order valence-electron chi connectivity index (χ2n) is 9.73. The van der Waals surface area contributed by atoms with Crippen molar-refractivity contribution in [1.29, 1.82) is 0 Å². The summed E-state index contributed by atoms with van der Waals surface area (Å²) in [6.45, 7) is 0. The quantitative estimate of drug-likeness (QED) is 0.302. The molecule has 5 heteroatoms. The van der Waals surface area contributed by atoms with Crippen LogP contribution in [0.15, 0.2) is 0 Å². The molecule has 0 saturated heterocycles. The first-order valence-electron chi connectivity index (χ1n) is 12.8. The van der Waals surface area contributed by atoms with E-state index in [2.05, 4.69) is 0 Å². The molecular formula is C24H44O4Os. The van der Waals surface area contributed by atoms with Gasteiger partial charge in [-0.25, -0.2) is 0 Å². The van der Waals surface area contributed by atoms with Gasteiger partial charge < -0.3 is 0 Å². The summed E-state index contributed by atoms with van der Waals surface area (Å²) in [6.07, 6.45) is 26.0. The Morgan fingerprint density at radius 1 is 0.310 bits per heavy atom. The monoisotopic (exact) mass is 588 g/mol. The van der Waals surface area contributed by atoms with Gasteiger partial charge in [-0.1, -0.05) is 0 Å². The van der Waals surface area contributed by atoms with Gasteiger partial charge in [0.15, 0.2) is 0 Å². The Morgan fingerprint density at radius 2 is 0.517 bits per heavy atom. The van der Waals surface area contributed by atoms with Gasteiger partial charge in [0.2, 0.25) is 0 Å². The van der Waals surface area contributed by atoms with E-state index in [1.165, 1.54) is 77.0 Å². The molecule has 0 aromatic rings. The molecule has 4 saturated carbocycles. The number of rotatable bonds is 8. The van der Waals surface area contributed by atoms with E-state index in [9.17, 15) is 0 Å². The summed E-state index contributed by atoms with van der Waals surface area (Å²) in [5.41, 5.74) is 0. The second-order valence-corrected chi connectivity index (χ2v) is 14.7. The van der Waals surface area contributed by atoms with Crippen LogP contribution in [0.3, 0.4) is 0 Å². The van der Waals surface area contributed by atoms with Crippen molar-refractivity contribution in [2.24, 2.45) is 0 Å². The summed E-state index contributed by atoms with van der Waals surface area (Å²) >= 11 is -3.90. The van der Waals surface area contributed by atoms with Crippen molar-refractivity contribution in [1.82, 2.24) is 0 Å². The Morgan fingerprint density at radius 3 is 0.724 bits per heavy atom. The average Bonchev–Trinajstić information content (AvgIpc) is 2.76. The van der Waals surface area contributed by atoms with Crippen LogP contribution in [0.5, 0.6) is 0 Å². The van der Waals surface area contributed by atoms with E-state index in [-0.39, 0.29) is 0 Å². The minimum absolute atomic E-state index is 0.294. The summed E-state index contributed by atoms with van der Waals surface area (Å²) in [6, 6.07) is 0. The van der Waals surface area contributed by atoms with Gasteiger partial charge in [0.05, 0.1) is 0 Å².